The molecule has 2 atom stereocenters. The van der Waals surface area contributed by atoms with E-state index >= 15 is 0 Å². The molecule has 3 aromatic rings. The Labute approximate surface area is 247 Å². The lowest BCUT2D eigenvalue weighted by atomic mass is 10.1. The van der Waals surface area contributed by atoms with E-state index in [9.17, 15) is 29.4 Å². The summed E-state index contributed by atoms with van der Waals surface area (Å²) in [6.45, 7) is 1.17. The molecule has 4 rings (SSSR count). The number of amides is 2. The summed E-state index contributed by atoms with van der Waals surface area (Å²) in [4.78, 5) is 56.2. The molecule has 0 spiro atoms. The van der Waals surface area contributed by atoms with Crippen LogP contribution in [0.3, 0.4) is 0 Å². The number of aliphatic carboxylic acids is 1. The molecule has 0 saturated carbocycles. The van der Waals surface area contributed by atoms with E-state index in [1.807, 2.05) is 0 Å². The van der Waals surface area contributed by atoms with E-state index in [2.05, 4.69) is 36.6 Å². The Balaban J connectivity index is 0.00000506. The van der Waals surface area contributed by atoms with Gasteiger partial charge >= 0.3 is 11.9 Å². The van der Waals surface area contributed by atoms with Crippen molar-refractivity contribution in [2.24, 2.45) is 0 Å². The molecule has 11 N–H and O–H groups in total. The standard InChI is InChI=1S/C27H31N9O6.CH4/c28-21-20-22(36-27(29)35-21)32-13-16(33-20)12-31-15-9-7-14(8-10-15)23(37)34-19(26(41)42)6-3-11-30-24(38)17-4-1-2-5-18(17)25(39)40;/h1-2,4-5,7-10,16,19,31,33H,3,6,11-13H2,(H,30,38)(H,34,37)(H,39,40)(H,41,42)(H5,28,29,32,35,36);1H4. The van der Waals surface area contributed by atoms with Crippen molar-refractivity contribution in [2.75, 3.05) is 47.1 Å². The molecular formula is C28H35N9O6. The number of benzene rings is 2. The Hall–Kier alpha value is -5.60. The van der Waals surface area contributed by atoms with E-state index < -0.39 is 29.8 Å². The molecule has 0 fully saturated rings. The first-order valence-corrected chi connectivity index (χ1v) is 13.0. The summed E-state index contributed by atoms with van der Waals surface area (Å²) in [5, 5.41) is 33.6. The molecule has 2 aromatic carbocycles. The minimum Gasteiger partial charge on any atom is -0.480 e. The number of nitrogens with two attached hydrogens (primary N) is 2. The lowest BCUT2D eigenvalue weighted by Gasteiger charge is -2.28. The number of nitrogens with one attached hydrogen (secondary N) is 5. The first-order valence-electron chi connectivity index (χ1n) is 13.0. The minimum absolute atomic E-state index is 0. The maximum atomic E-state index is 12.7. The highest BCUT2D eigenvalue weighted by Gasteiger charge is 2.23. The van der Waals surface area contributed by atoms with Crippen molar-refractivity contribution >= 4 is 52.7 Å². The molecule has 2 amide bonds. The largest absolute Gasteiger partial charge is 0.480 e. The summed E-state index contributed by atoms with van der Waals surface area (Å²) in [6.07, 6.45) is 0.288. The van der Waals surface area contributed by atoms with Crippen LogP contribution in [0.15, 0.2) is 48.5 Å². The van der Waals surface area contributed by atoms with E-state index in [1.54, 1.807) is 30.3 Å². The summed E-state index contributed by atoms with van der Waals surface area (Å²) in [5.74, 6) is -2.71. The number of nitrogens with zero attached hydrogens (tertiary/aromatic N) is 2. The molecule has 15 nitrogen and oxygen atoms in total. The Kier molecular flexibility index (Phi) is 10.6. The highest BCUT2D eigenvalue weighted by Crippen LogP contribution is 2.29. The Bertz CT molecular complexity index is 1480. The second-order valence-electron chi connectivity index (χ2n) is 9.48. The fourth-order valence-corrected chi connectivity index (χ4v) is 4.31. The van der Waals surface area contributed by atoms with Gasteiger partial charge in [0, 0.05) is 30.9 Å². The number of aromatic nitrogens is 2. The fraction of sp³-hybridized carbons (Fsp3) is 0.286. The number of carbonyl (C=O) groups is 4. The normalized spacial score (nSPS) is 14.0. The zero-order valence-corrected chi connectivity index (χ0v) is 22.4. The fourth-order valence-electron chi connectivity index (χ4n) is 4.31. The monoisotopic (exact) mass is 593 g/mol. The first-order chi connectivity index (χ1) is 20.1. The lowest BCUT2D eigenvalue weighted by molar-refractivity contribution is -0.139. The van der Waals surface area contributed by atoms with Gasteiger partial charge < -0.3 is 48.3 Å². The number of hydrogen-bond acceptors (Lipinski definition) is 11. The number of fused-ring (bicyclic) bond motifs is 1. The highest BCUT2D eigenvalue weighted by molar-refractivity contribution is 6.04. The number of aromatic carboxylic acids is 1. The number of rotatable bonds is 12. The maximum Gasteiger partial charge on any atom is 0.336 e. The molecule has 2 unspecified atom stereocenters. The molecule has 0 saturated heterocycles. The van der Waals surface area contributed by atoms with E-state index in [4.69, 9.17) is 11.5 Å². The molecule has 1 aliphatic heterocycles. The van der Waals surface area contributed by atoms with Gasteiger partial charge in [0.05, 0.1) is 17.2 Å². The van der Waals surface area contributed by atoms with Gasteiger partial charge in [0.2, 0.25) is 5.95 Å². The number of carboxylic acid groups (broad SMARTS) is 2. The van der Waals surface area contributed by atoms with Gasteiger partial charge in [-0.2, -0.15) is 9.97 Å². The van der Waals surface area contributed by atoms with Crippen molar-refractivity contribution in [3.8, 4) is 0 Å². The zero-order chi connectivity index (χ0) is 30.2. The molecule has 0 aliphatic carbocycles. The number of anilines is 5. The predicted octanol–water partition coefficient (Wildman–Crippen LogP) is 1.69. The van der Waals surface area contributed by atoms with Gasteiger partial charge in [0.1, 0.15) is 11.7 Å². The van der Waals surface area contributed by atoms with Crippen molar-refractivity contribution in [3.63, 3.8) is 0 Å². The van der Waals surface area contributed by atoms with Crippen LogP contribution in [0.5, 0.6) is 0 Å². The average Bonchev–Trinajstić information content (AvgIpc) is 2.97. The molecular weight excluding hydrogens is 558 g/mol. The molecule has 2 heterocycles. The minimum atomic E-state index is -1.23. The van der Waals surface area contributed by atoms with Gasteiger partial charge in [-0.1, -0.05) is 19.6 Å². The molecule has 228 valence electrons. The van der Waals surface area contributed by atoms with Crippen LogP contribution < -0.4 is 38.1 Å². The molecule has 15 heteroatoms. The van der Waals surface area contributed by atoms with Gasteiger partial charge in [-0.25, -0.2) is 9.59 Å². The van der Waals surface area contributed by atoms with Crippen LogP contribution >= 0.6 is 0 Å². The number of carboxylic acids is 2. The van der Waals surface area contributed by atoms with Gasteiger partial charge in [-0.3, -0.25) is 9.59 Å². The summed E-state index contributed by atoms with van der Waals surface area (Å²) < 4.78 is 0. The summed E-state index contributed by atoms with van der Waals surface area (Å²) in [7, 11) is 0. The van der Waals surface area contributed by atoms with Crippen molar-refractivity contribution in [1.82, 2.24) is 20.6 Å². The van der Waals surface area contributed by atoms with Crippen LogP contribution in [0.2, 0.25) is 0 Å². The van der Waals surface area contributed by atoms with Crippen LogP contribution in [-0.2, 0) is 4.79 Å². The molecule has 0 bridgehead atoms. The van der Waals surface area contributed by atoms with E-state index in [0.29, 0.717) is 24.6 Å². The van der Waals surface area contributed by atoms with Crippen molar-refractivity contribution in [3.05, 3.63) is 65.2 Å². The third-order valence-corrected chi connectivity index (χ3v) is 6.48. The predicted molar refractivity (Wildman–Crippen MR) is 162 cm³/mol. The van der Waals surface area contributed by atoms with Crippen molar-refractivity contribution in [1.29, 1.82) is 0 Å². The topological polar surface area (TPSA) is 247 Å². The molecule has 0 radical (unpaired) electrons. The van der Waals surface area contributed by atoms with E-state index in [1.165, 1.54) is 18.2 Å². The molecule has 43 heavy (non-hydrogen) atoms. The summed E-state index contributed by atoms with van der Waals surface area (Å²) in [6, 6.07) is 11.1. The van der Waals surface area contributed by atoms with Gasteiger partial charge in [0.15, 0.2) is 11.6 Å². The summed E-state index contributed by atoms with van der Waals surface area (Å²) >= 11 is 0. The van der Waals surface area contributed by atoms with Crippen LogP contribution in [0.4, 0.5) is 29.0 Å². The average molecular weight is 594 g/mol. The highest BCUT2D eigenvalue weighted by atomic mass is 16.4. The van der Waals surface area contributed by atoms with Crippen LogP contribution in [0.1, 0.15) is 51.3 Å². The third-order valence-electron chi connectivity index (χ3n) is 6.48. The van der Waals surface area contributed by atoms with E-state index in [0.717, 1.165) is 5.69 Å². The lowest BCUT2D eigenvalue weighted by Crippen LogP contribution is -2.41. The van der Waals surface area contributed by atoms with Crippen molar-refractivity contribution < 1.29 is 29.4 Å². The van der Waals surface area contributed by atoms with Gasteiger partial charge in [-0.05, 0) is 49.2 Å². The summed E-state index contributed by atoms with van der Waals surface area (Å²) in [5.41, 5.74) is 13.0. The van der Waals surface area contributed by atoms with Crippen LogP contribution in [-0.4, -0.2) is 75.7 Å². The maximum absolute atomic E-state index is 12.7. The van der Waals surface area contributed by atoms with Crippen molar-refractivity contribution in [2.45, 2.75) is 32.4 Å². The molecule has 1 aromatic heterocycles. The number of hydrogen-bond donors (Lipinski definition) is 9. The third kappa shape index (κ3) is 8.22. The van der Waals surface area contributed by atoms with Gasteiger partial charge in [0.25, 0.3) is 11.8 Å². The Morgan fingerprint density at radius 1 is 0.977 bits per heavy atom. The smallest absolute Gasteiger partial charge is 0.336 e. The van der Waals surface area contributed by atoms with Crippen LogP contribution in [0.25, 0.3) is 0 Å². The Morgan fingerprint density at radius 2 is 1.67 bits per heavy atom. The SMILES string of the molecule is C.Nc1nc(N)c2c(n1)NCC(CNc1ccc(C(=O)NC(CCCNC(=O)c3ccccc3C(=O)O)C(=O)O)cc1)N2. The quantitative estimate of drug-likeness (QED) is 0.136. The second-order valence-corrected chi connectivity index (χ2v) is 9.48. The Morgan fingerprint density at radius 3 is 2.35 bits per heavy atom. The second kappa shape index (κ2) is 14.3. The van der Waals surface area contributed by atoms with Crippen LogP contribution in [0, 0.1) is 0 Å². The molecule has 1 aliphatic rings. The number of carbonyl (C=O) groups excluding carboxylic acids is 2. The first kappa shape index (κ1) is 31.9. The zero-order valence-electron chi connectivity index (χ0n) is 22.4. The van der Waals surface area contributed by atoms with Gasteiger partial charge in [-0.15, -0.1) is 0 Å². The van der Waals surface area contributed by atoms with E-state index in [-0.39, 0.29) is 61.3 Å². The number of nitrogen functional groups attached to an aromatic ring is 2.